The summed E-state index contributed by atoms with van der Waals surface area (Å²) < 4.78 is 31.8. The van der Waals surface area contributed by atoms with Crippen LogP contribution in [-0.2, 0) is 6.42 Å². The first-order chi connectivity index (χ1) is 10.0. The Labute approximate surface area is 122 Å². The first-order valence-electron chi connectivity index (χ1n) is 6.76. The van der Waals surface area contributed by atoms with E-state index in [-0.39, 0.29) is 11.5 Å². The van der Waals surface area contributed by atoms with Crippen molar-refractivity contribution in [3.05, 3.63) is 65.2 Å². The summed E-state index contributed by atoms with van der Waals surface area (Å²) in [5, 5.41) is 0. The molecule has 0 spiro atoms. The van der Waals surface area contributed by atoms with Crippen LogP contribution in [-0.4, -0.2) is 11.9 Å². The second-order valence-electron chi connectivity index (χ2n) is 4.73. The van der Waals surface area contributed by atoms with E-state index in [1.165, 1.54) is 19.1 Å². The van der Waals surface area contributed by atoms with Gasteiger partial charge in [-0.05, 0) is 31.0 Å². The van der Waals surface area contributed by atoms with Crippen LogP contribution in [0.25, 0.3) is 0 Å². The molecule has 2 aromatic carbocycles. The van der Waals surface area contributed by atoms with E-state index in [9.17, 15) is 13.6 Å². The molecule has 0 bridgehead atoms. The van der Waals surface area contributed by atoms with E-state index in [0.717, 1.165) is 18.1 Å². The number of halogens is 2. The maximum Gasteiger partial charge on any atom is 0.202 e. The Morgan fingerprint density at radius 2 is 1.81 bits per heavy atom. The first-order valence-corrected chi connectivity index (χ1v) is 6.76. The molecule has 0 aliphatic rings. The highest BCUT2D eigenvalue weighted by atomic mass is 19.2. The molecular formula is C17H16F2O2. The van der Waals surface area contributed by atoms with Crippen LogP contribution < -0.4 is 4.74 Å². The number of benzene rings is 2. The van der Waals surface area contributed by atoms with Crippen molar-refractivity contribution in [3.8, 4) is 5.75 Å². The lowest BCUT2D eigenvalue weighted by atomic mass is 10.0. The lowest BCUT2D eigenvalue weighted by molar-refractivity contribution is 0.0811. The van der Waals surface area contributed by atoms with Crippen LogP contribution >= 0.6 is 0 Å². The van der Waals surface area contributed by atoms with Crippen molar-refractivity contribution in [2.75, 3.05) is 0 Å². The molecule has 0 aliphatic carbocycles. The second-order valence-corrected chi connectivity index (χ2v) is 4.73. The van der Waals surface area contributed by atoms with Crippen molar-refractivity contribution >= 4 is 5.78 Å². The summed E-state index contributed by atoms with van der Waals surface area (Å²) in [4.78, 5) is 12.2. The Morgan fingerprint density at radius 3 is 2.43 bits per heavy atom. The van der Waals surface area contributed by atoms with Crippen molar-refractivity contribution in [1.29, 1.82) is 0 Å². The SMILES string of the molecule is CCc1ccc(C(=O)C(C)Oc2cccc(F)c2F)cc1. The summed E-state index contributed by atoms with van der Waals surface area (Å²) in [5.41, 5.74) is 1.60. The average molecular weight is 290 g/mol. The third-order valence-electron chi connectivity index (χ3n) is 3.24. The number of aryl methyl sites for hydroxylation is 1. The summed E-state index contributed by atoms with van der Waals surface area (Å²) in [7, 11) is 0. The molecule has 4 heteroatoms. The van der Waals surface area contributed by atoms with Gasteiger partial charge < -0.3 is 4.74 Å². The Hall–Kier alpha value is -2.23. The lowest BCUT2D eigenvalue weighted by Gasteiger charge is -2.14. The van der Waals surface area contributed by atoms with Gasteiger partial charge in [0.15, 0.2) is 17.7 Å². The summed E-state index contributed by atoms with van der Waals surface area (Å²) in [6, 6.07) is 10.8. The number of Topliss-reactive ketones (excluding diaryl/α,β-unsaturated/α-hetero) is 1. The van der Waals surface area contributed by atoms with Crippen LogP contribution in [0.2, 0.25) is 0 Å². The van der Waals surface area contributed by atoms with Crippen molar-refractivity contribution in [3.63, 3.8) is 0 Å². The van der Waals surface area contributed by atoms with Gasteiger partial charge >= 0.3 is 0 Å². The second kappa shape index (κ2) is 6.48. The summed E-state index contributed by atoms with van der Waals surface area (Å²) >= 11 is 0. The molecule has 2 nitrogen and oxygen atoms in total. The standard InChI is InChI=1S/C17H16F2O2/c1-3-12-7-9-13(10-8-12)17(20)11(2)21-15-6-4-5-14(18)16(15)19/h4-11H,3H2,1-2H3. The van der Waals surface area contributed by atoms with Crippen molar-refractivity contribution in [2.45, 2.75) is 26.4 Å². The molecule has 0 aliphatic heterocycles. The molecule has 0 amide bonds. The molecular weight excluding hydrogens is 274 g/mol. The monoisotopic (exact) mass is 290 g/mol. The number of rotatable bonds is 5. The Kier molecular flexibility index (Phi) is 4.68. The quantitative estimate of drug-likeness (QED) is 0.772. The van der Waals surface area contributed by atoms with Gasteiger partial charge in [0.05, 0.1) is 0 Å². The van der Waals surface area contributed by atoms with Crippen molar-refractivity contribution in [2.24, 2.45) is 0 Å². The van der Waals surface area contributed by atoms with Gasteiger partial charge in [0.25, 0.3) is 0 Å². The largest absolute Gasteiger partial charge is 0.479 e. The van der Waals surface area contributed by atoms with Crippen LogP contribution in [0.15, 0.2) is 42.5 Å². The molecule has 21 heavy (non-hydrogen) atoms. The number of ketones is 1. The summed E-state index contributed by atoms with van der Waals surface area (Å²) in [5.74, 6) is -2.62. The third-order valence-corrected chi connectivity index (χ3v) is 3.24. The zero-order chi connectivity index (χ0) is 15.4. The van der Waals surface area contributed by atoms with Crippen LogP contribution in [0.4, 0.5) is 8.78 Å². The van der Waals surface area contributed by atoms with E-state index in [4.69, 9.17) is 4.74 Å². The van der Waals surface area contributed by atoms with Crippen molar-refractivity contribution in [1.82, 2.24) is 0 Å². The van der Waals surface area contributed by atoms with Gasteiger partial charge in [-0.15, -0.1) is 0 Å². The van der Waals surface area contributed by atoms with Gasteiger partial charge in [0, 0.05) is 5.56 Å². The molecule has 1 atom stereocenters. The molecule has 0 saturated carbocycles. The fourth-order valence-electron chi connectivity index (χ4n) is 1.96. The average Bonchev–Trinajstić information content (AvgIpc) is 2.51. The molecule has 2 rings (SSSR count). The summed E-state index contributed by atoms with van der Waals surface area (Å²) in [6.45, 7) is 3.54. The molecule has 110 valence electrons. The smallest absolute Gasteiger partial charge is 0.202 e. The van der Waals surface area contributed by atoms with Crippen LogP contribution in [0, 0.1) is 11.6 Å². The normalized spacial score (nSPS) is 12.0. The van der Waals surface area contributed by atoms with Crippen LogP contribution in [0.3, 0.4) is 0 Å². The number of carbonyl (C=O) groups is 1. The van der Waals surface area contributed by atoms with Gasteiger partial charge in [-0.2, -0.15) is 4.39 Å². The Balaban J connectivity index is 2.13. The minimum atomic E-state index is -1.08. The van der Waals surface area contributed by atoms with Gasteiger partial charge in [-0.1, -0.05) is 37.3 Å². The minimum Gasteiger partial charge on any atom is -0.479 e. The van der Waals surface area contributed by atoms with E-state index in [0.29, 0.717) is 5.56 Å². The number of hydrogen-bond acceptors (Lipinski definition) is 2. The van der Waals surface area contributed by atoms with E-state index >= 15 is 0 Å². The molecule has 1 unspecified atom stereocenters. The molecule has 0 radical (unpaired) electrons. The number of carbonyl (C=O) groups excluding carboxylic acids is 1. The highest BCUT2D eigenvalue weighted by molar-refractivity contribution is 5.99. The molecule has 2 aromatic rings. The fourth-order valence-corrected chi connectivity index (χ4v) is 1.96. The van der Waals surface area contributed by atoms with E-state index in [2.05, 4.69) is 0 Å². The number of hydrogen-bond donors (Lipinski definition) is 0. The molecule has 0 heterocycles. The topological polar surface area (TPSA) is 26.3 Å². The summed E-state index contributed by atoms with van der Waals surface area (Å²) in [6.07, 6.45) is -0.0107. The molecule has 0 aromatic heterocycles. The van der Waals surface area contributed by atoms with Gasteiger partial charge in [0.1, 0.15) is 0 Å². The lowest BCUT2D eigenvalue weighted by Crippen LogP contribution is -2.24. The fraction of sp³-hybridized carbons (Fsp3) is 0.235. The molecule has 0 fully saturated rings. The number of ether oxygens (including phenoxy) is 1. The zero-order valence-electron chi connectivity index (χ0n) is 11.9. The highest BCUT2D eigenvalue weighted by Crippen LogP contribution is 2.21. The van der Waals surface area contributed by atoms with Crippen LogP contribution in [0.5, 0.6) is 5.75 Å². The molecule has 0 N–H and O–H groups in total. The van der Waals surface area contributed by atoms with E-state index in [1.54, 1.807) is 12.1 Å². The van der Waals surface area contributed by atoms with E-state index < -0.39 is 17.7 Å². The minimum absolute atomic E-state index is 0.263. The van der Waals surface area contributed by atoms with Gasteiger partial charge in [-0.25, -0.2) is 4.39 Å². The Morgan fingerprint density at radius 1 is 1.14 bits per heavy atom. The predicted octanol–water partition coefficient (Wildman–Crippen LogP) is 4.18. The molecule has 0 saturated heterocycles. The zero-order valence-corrected chi connectivity index (χ0v) is 11.9. The third kappa shape index (κ3) is 3.45. The Bertz CT molecular complexity index is 636. The van der Waals surface area contributed by atoms with Crippen molar-refractivity contribution < 1.29 is 18.3 Å². The predicted molar refractivity (Wildman–Crippen MR) is 76.6 cm³/mol. The maximum atomic E-state index is 13.5. The van der Waals surface area contributed by atoms with Crippen LogP contribution in [0.1, 0.15) is 29.8 Å². The van der Waals surface area contributed by atoms with E-state index in [1.807, 2.05) is 19.1 Å². The first kappa shape index (κ1) is 15.2. The van der Waals surface area contributed by atoms with Gasteiger partial charge in [0.2, 0.25) is 11.6 Å². The maximum absolute atomic E-state index is 13.5. The highest BCUT2D eigenvalue weighted by Gasteiger charge is 2.19. The van der Waals surface area contributed by atoms with Gasteiger partial charge in [-0.3, -0.25) is 4.79 Å².